The number of hydrogen-bond donors (Lipinski definition) is 0. The molecule has 0 unspecified atom stereocenters. The van der Waals surface area contributed by atoms with E-state index in [2.05, 4.69) is 6.07 Å². The van der Waals surface area contributed by atoms with Gasteiger partial charge in [-0.3, -0.25) is 4.79 Å². The molecule has 1 amide bonds. The summed E-state index contributed by atoms with van der Waals surface area (Å²) in [4.78, 5) is 14.8. The van der Waals surface area contributed by atoms with Gasteiger partial charge in [-0.2, -0.15) is 0 Å². The molecule has 6 nitrogen and oxygen atoms in total. The first kappa shape index (κ1) is 18.5. The van der Waals surface area contributed by atoms with E-state index >= 15 is 0 Å². The monoisotopic (exact) mass is 383 g/mol. The Bertz CT molecular complexity index is 858. The van der Waals surface area contributed by atoms with Gasteiger partial charge in [-0.05, 0) is 61.1 Å². The molecule has 1 saturated heterocycles. The summed E-state index contributed by atoms with van der Waals surface area (Å²) in [5.41, 5.74) is 1.89. The number of nitrogens with zero attached hydrogens (tertiary/aromatic N) is 1. The Morgan fingerprint density at radius 3 is 2.50 bits per heavy atom. The van der Waals surface area contributed by atoms with Gasteiger partial charge in [0.2, 0.25) is 6.79 Å². The molecule has 0 aliphatic carbocycles. The van der Waals surface area contributed by atoms with Crippen LogP contribution >= 0.6 is 0 Å². The van der Waals surface area contributed by atoms with E-state index in [1.165, 1.54) is 5.56 Å². The van der Waals surface area contributed by atoms with Gasteiger partial charge >= 0.3 is 0 Å². The van der Waals surface area contributed by atoms with Crippen LogP contribution in [0.25, 0.3) is 0 Å². The van der Waals surface area contributed by atoms with Gasteiger partial charge in [-0.1, -0.05) is 6.07 Å². The predicted molar refractivity (Wildman–Crippen MR) is 104 cm³/mol. The van der Waals surface area contributed by atoms with Gasteiger partial charge in [0.05, 0.1) is 14.2 Å². The van der Waals surface area contributed by atoms with Crippen LogP contribution in [-0.2, 0) is 6.42 Å². The number of hydrogen-bond acceptors (Lipinski definition) is 5. The van der Waals surface area contributed by atoms with Crippen LogP contribution in [0.4, 0.5) is 0 Å². The minimum absolute atomic E-state index is 0.0582. The predicted octanol–water partition coefficient (Wildman–Crippen LogP) is 3.53. The Labute approximate surface area is 165 Å². The molecular weight excluding hydrogens is 358 g/mol. The molecule has 28 heavy (non-hydrogen) atoms. The van der Waals surface area contributed by atoms with E-state index in [9.17, 15) is 4.79 Å². The van der Waals surface area contributed by atoms with Crippen molar-refractivity contribution in [2.75, 3.05) is 34.1 Å². The molecule has 0 atom stereocenters. The van der Waals surface area contributed by atoms with Crippen molar-refractivity contribution >= 4 is 5.91 Å². The van der Waals surface area contributed by atoms with Crippen molar-refractivity contribution < 1.29 is 23.7 Å². The maximum absolute atomic E-state index is 12.8. The molecule has 1 fully saturated rings. The summed E-state index contributed by atoms with van der Waals surface area (Å²) in [7, 11) is 3.30. The van der Waals surface area contributed by atoms with Gasteiger partial charge in [0.25, 0.3) is 5.91 Å². The Hall–Kier alpha value is -2.89. The lowest BCUT2D eigenvalue weighted by Crippen LogP contribution is -2.38. The lowest BCUT2D eigenvalue weighted by Gasteiger charge is -2.32. The second-order valence-electron chi connectivity index (χ2n) is 7.20. The van der Waals surface area contributed by atoms with Crippen LogP contribution < -0.4 is 18.9 Å². The second-order valence-corrected chi connectivity index (χ2v) is 7.20. The third-order valence-corrected chi connectivity index (χ3v) is 5.49. The van der Waals surface area contributed by atoms with E-state index in [0.29, 0.717) is 23.0 Å². The SMILES string of the molecule is COc1ccc(CC2CCN(C(=O)c3ccc4c(c3)OCO4)CC2)cc1OC. The number of carbonyl (C=O) groups is 1. The van der Waals surface area contributed by atoms with E-state index in [0.717, 1.165) is 43.9 Å². The highest BCUT2D eigenvalue weighted by Crippen LogP contribution is 2.34. The van der Waals surface area contributed by atoms with Crippen LogP contribution in [0.15, 0.2) is 36.4 Å². The van der Waals surface area contributed by atoms with E-state index in [4.69, 9.17) is 18.9 Å². The molecule has 0 aromatic heterocycles. The molecule has 2 aromatic carbocycles. The summed E-state index contributed by atoms with van der Waals surface area (Å²) in [5, 5.41) is 0. The molecule has 0 spiro atoms. The van der Waals surface area contributed by atoms with Gasteiger partial charge in [-0.15, -0.1) is 0 Å². The van der Waals surface area contributed by atoms with Crippen molar-refractivity contribution in [2.45, 2.75) is 19.3 Å². The minimum atomic E-state index is 0.0582. The minimum Gasteiger partial charge on any atom is -0.493 e. The molecule has 2 aliphatic heterocycles. The van der Waals surface area contributed by atoms with Crippen LogP contribution in [-0.4, -0.2) is 44.9 Å². The molecule has 2 heterocycles. The molecule has 0 N–H and O–H groups in total. The van der Waals surface area contributed by atoms with Crippen LogP contribution in [0, 0.1) is 5.92 Å². The van der Waals surface area contributed by atoms with Crippen molar-refractivity contribution in [2.24, 2.45) is 5.92 Å². The maximum atomic E-state index is 12.8. The smallest absolute Gasteiger partial charge is 0.253 e. The zero-order chi connectivity index (χ0) is 19.5. The number of ether oxygens (including phenoxy) is 4. The number of benzene rings is 2. The van der Waals surface area contributed by atoms with Crippen molar-refractivity contribution in [3.05, 3.63) is 47.5 Å². The number of fused-ring (bicyclic) bond motifs is 1. The number of methoxy groups -OCH3 is 2. The highest BCUT2D eigenvalue weighted by atomic mass is 16.7. The van der Waals surface area contributed by atoms with Crippen molar-refractivity contribution in [3.63, 3.8) is 0 Å². The molecule has 4 rings (SSSR count). The first-order valence-corrected chi connectivity index (χ1v) is 9.57. The third kappa shape index (κ3) is 3.72. The molecule has 148 valence electrons. The van der Waals surface area contributed by atoms with E-state index < -0.39 is 0 Å². The average Bonchev–Trinajstić information content (AvgIpc) is 3.21. The van der Waals surface area contributed by atoms with Crippen molar-refractivity contribution in [3.8, 4) is 23.0 Å². The number of amides is 1. The lowest BCUT2D eigenvalue weighted by atomic mass is 9.90. The first-order chi connectivity index (χ1) is 13.7. The average molecular weight is 383 g/mol. The van der Waals surface area contributed by atoms with Crippen molar-refractivity contribution in [1.82, 2.24) is 4.90 Å². The van der Waals surface area contributed by atoms with Gasteiger partial charge in [0.15, 0.2) is 23.0 Å². The first-order valence-electron chi connectivity index (χ1n) is 9.57. The van der Waals surface area contributed by atoms with Gasteiger partial charge in [0.1, 0.15) is 0 Å². The molecular formula is C22H25NO5. The zero-order valence-electron chi connectivity index (χ0n) is 16.3. The molecule has 2 aromatic rings. The summed E-state index contributed by atoms with van der Waals surface area (Å²) in [6.07, 6.45) is 2.96. The lowest BCUT2D eigenvalue weighted by molar-refractivity contribution is 0.0690. The maximum Gasteiger partial charge on any atom is 0.253 e. The fraction of sp³-hybridized carbons (Fsp3) is 0.409. The van der Waals surface area contributed by atoms with E-state index in [-0.39, 0.29) is 12.7 Å². The van der Waals surface area contributed by atoms with Gasteiger partial charge in [-0.25, -0.2) is 0 Å². The van der Waals surface area contributed by atoms with Crippen LogP contribution in [0.1, 0.15) is 28.8 Å². The van der Waals surface area contributed by atoms with Gasteiger partial charge in [0, 0.05) is 18.7 Å². The largest absolute Gasteiger partial charge is 0.493 e. The number of piperidine rings is 1. The number of likely N-dealkylation sites (tertiary alicyclic amines) is 1. The zero-order valence-corrected chi connectivity index (χ0v) is 16.3. The Morgan fingerprint density at radius 1 is 1.00 bits per heavy atom. The highest BCUT2D eigenvalue weighted by molar-refractivity contribution is 5.95. The third-order valence-electron chi connectivity index (χ3n) is 5.49. The summed E-state index contributed by atoms with van der Waals surface area (Å²) < 4.78 is 21.4. The Kier molecular flexibility index (Phi) is 5.28. The summed E-state index contributed by atoms with van der Waals surface area (Å²) in [6, 6.07) is 11.5. The van der Waals surface area contributed by atoms with E-state index in [1.807, 2.05) is 23.1 Å². The van der Waals surface area contributed by atoms with Crippen molar-refractivity contribution in [1.29, 1.82) is 0 Å². The Morgan fingerprint density at radius 2 is 1.75 bits per heavy atom. The molecule has 0 bridgehead atoms. The Balaban J connectivity index is 1.35. The van der Waals surface area contributed by atoms with Gasteiger partial charge < -0.3 is 23.8 Å². The molecule has 0 saturated carbocycles. The van der Waals surface area contributed by atoms with E-state index in [1.54, 1.807) is 26.4 Å². The topological polar surface area (TPSA) is 57.2 Å². The molecule has 0 radical (unpaired) electrons. The highest BCUT2D eigenvalue weighted by Gasteiger charge is 2.25. The van der Waals surface area contributed by atoms with Crippen LogP contribution in [0.2, 0.25) is 0 Å². The van der Waals surface area contributed by atoms with Crippen LogP contribution in [0.3, 0.4) is 0 Å². The molecule has 2 aliphatic rings. The summed E-state index contributed by atoms with van der Waals surface area (Å²) in [6.45, 7) is 1.75. The fourth-order valence-electron chi connectivity index (χ4n) is 3.89. The summed E-state index contributed by atoms with van der Waals surface area (Å²) >= 11 is 0. The number of carbonyl (C=O) groups excluding carboxylic acids is 1. The van der Waals surface area contributed by atoms with Crippen LogP contribution in [0.5, 0.6) is 23.0 Å². The quantitative estimate of drug-likeness (QED) is 0.791. The molecule has 6 heteroatoms. The standard InChI is InChI=1S/C22H25NO5/c1-25-18-5-3-16(12-20(18)26-2)11-15-7-9-23(10-8-15)22(24)17-4-6-19-21(13-17)28-14-27-19/h3-6,12-13,15H,7-11,14H2,1-2H3. The second kappa shape index (κ2) is 8.00. The fourth-order valence-corrected chi connectivity index (χ4v) is 3.89. The summed E-state index contributed by atoms with van der Waals surface area (Å²) in [5.74, 6) is 3.46. The normalized spacial score (nSPS) is 16.1. The number of rotatable bonds is 5.